The van der Waals surface area contributed by atoms with Gasteiger partial charge in [-0.25, -0.2) is 0 Å². The molecular weight excluding hydrogens is 394 g/mol. The molecule has 2 fully saturated rings. The van der Waals surface area contributed by atoms with Crippen LogP contribution in [0.25, 0.3) is 0 Å². The van der Waals surface area contributed by atoms with Crippen molar-refractivity contribution in [2.24, 2.45) is 13.0 Å². The number of rotatable bonds is 5. The van der Waals surface area contributed by atoms with Crippen LogP contribution >= 0.6 is 28.3 Å². The fraction of sp³-hybridized carbons (Fsp3) is 0.750. The molecule has 2 N–H and O–H groups in total. The fourth-order valence-corrected chi connectivity index (χ4v) is 4.04. The van der Waals surface area contributed by atoms with E-state index in [0.717, 1.165) is 50.0 Å². The van der Waals surface area contributed by atoms with Crippen molar-refractivity contribution in [2.45, 2.75) is 38.3 Å². The van der Waals surface area contributed by atoms with Crippen molar-refractivity contribution in [1.82, 2.24) is 25.3 Å². The summed E-state index contributed by atoms with van der Waals surface area (Å²) < 4.78 is 3.00. The first-order valence-corrected chi connectivity index (χ1v) is 9.32. The highest BCUT2D eigenvalue weighted by Gasteiger charge is 2.25. The number of carbonyl (C=O) groups excluding carboxylic acids is 1. The maximum absolute atomic E-state index is 12.1. The van der Waals surface area contributed by atoms with Crippen LogP contribution in [0.3, 0.4) is 0 Å². The minimum Gasteiger partial charge on any atom is -0.354 e. The van der Waals surface area contributed by atoms with Crippen LogP contribution < -0.4 is 10.6 Å². The molecule has 1 amide bonds. The summed E-state index contributed by atoms with van der Waals surface area (Å²) in [4.78, 5) is 14.6. The number of piperidine rings is 1. The Kier molecular flexibility index (Phi) is 7.53. The summed E-state index contributed by atoms with van der Waals surface area (Å²) in [6.07, 6.45) is 6.32. The van der Waals surface area contributed by atoms with E-state index in [1.165, 1.54) is 18.5 Å². The molecule has 2 atom stereocenters. The number of nitrogens with one attached hydrogen (secondary N) is 2. The number of carbonyl (C=O) groups is 1. The van der Waals surface area contributed by atoms with Gasteiger partial charge in [-0.2, -0.15) is 5.10 Å². The average Bonchev–Trinajstić information content (AvgIpc) is 3.19. The Bertz CT molecular complexity index is 527. The van der Waals surface area contributed by atoms with E-state index in [9.17, 15) is 4.79 Å². The zero-order valence-corrected chi connectivity index (χ0v) is 16.5. The predicted octanol–water partition coefficient (Wildman–Crippen LogP) is 1.68. The third-order valence-corrected chi connectivity index (χ3v) is 5.59. The largest absolute Gasteiger partial charge is 0.354 e. The van der Waals surface area contributed by atoms with E-state index in [1.54, 1.807) is 0 Å². The molecule has 3 rings (SSSR count). The molecule has 0 saturated carbocycles. The van der Waals surface area contributed by atoms with Gasteiger partial charge in [0.25, 0.3) is 0 Å². The first-order valence-electron chi connectivity index (χ1n) is 8.53. The Hall–Kier alpha value is -0.630. The summed E-state index contributed by atoms with van der Waals surface area (Å²) in [5.41, 5.74) is 1.21. The van der Waals surface area contributed by atoms with Crippen molar-refractivity contribution in [1.29, 1.82) is 0 Å². The molecule has 2 unspecified atom stereocenters. The second-order valence-electron chi connectivity index (χ2n) is 6.70. The molecule has 0 bridgehead atoms. The van der Waals surface area contributed by atoms with Crippen molar-refractivity contribution in [3.63, 3.8) is 0 Å². The molecule has 1 aromatic rings. The second-order valence-corrected chi connectivity index (χ2v) is 7.55. The standard InChI is InChI=1S/C16H26BrN5O.ClH/c1-21-15(13(17)9-20-21)11-22-7-3-4-12(10-22)8-19-16(23)14-5-2-6-18-14;/h9,12,14,18H,2-8,10-11H2,1H3,(H,19,23);1H. The van der Waals surface area contributed by atoms with E-state index in [4.69, 9.17) is 0 Å². The maximum atomic E-state index is 12.1. The number of likely N-dealkylation sites (tertiary alicyclic amines) is 1. The van der Waals surface area contributed by atoms with Gasteiger partial charge in [0.05, 0.1) is 22.4 Å². The Morgan fingerprint density at radius 2 is 2.29 bits per heavy atom. The van der Waals surface area contributed by atoms with Gasteiger partial charge in [0, 0.05) is 26.7 Å². The first kappa shape index (κ1) is 19.7. The molecule has 24 heavy (non-hydrogen) atoms. The quantitative estimate of drug-likeness (QED) is 0.761. The van der Waals surface area contributed by atoms with Crippen LogP contribution in [0.5, 0.6) is 0 Å². The second kappa shape index (κ2) is 9.17. The zero-order valence-electron chi connectivity index (χ0n) is 14.1. The van der Waals surface area contributed by atoms with Crippen molar-refractivity contribution >= 4 is 34.2 Å². The molecule has 0 radical (unpaired) electrons. The van der Waals surface area contributed by atoms with Gasteiger partial charge in [0.2, 0.25) is 5.91 Å². The lowest BCUT2D eigenvalue weighted by molar-refractivity contribution is -0.123. The summed E-state index contributed by atoms with van der Waals surface area (Å²) >= 11 is 3.57. The van der Waals surface area contributed by atoms with Gasteiger partial charge in [0.15, 0.2) is 0 Å². The van der Waals surface area contributed by atoms with Crippen molar-refractivity contribution < 1.29 is 4.79 Å². The van der Waals surface area contributed by atoms with Crippen LogP contribution in [0.2, 0.25) is 0 Å². The van der Waals surface area contributed by atoms with Crippen molar-refractivity contribution in [3.05, 3.63) is 16.4 Å². The highest BCUT2D eigenvalue weighted by atomic mass is 79.9. The number of nitrogens with zero attached hydrogens (tertiary/aromatic N) is 3. The van der Waals surface area contributed by atoms with Crippen LogP contribution in [0, 0.1) is 5.92 Å². The molecule has 2 saturated heterocycles. The Morgan fingerprint density at radius 1 is 1.46 bits per heavy atom. The minimum atomic E-state index is 0. The third kappa shape index (κ3) is 4.94. The normalized spacial score (nSPS) is 24.6. The predicted molar refractivity (Wildman–Crippen MR) is 100 cm³/mol. The average molecular weight is 421 g/mol. The van der Waals surface area contributed by atoms with Gasteiger partial charge in [-0.15, -0.1) is 12.4 Å². The Balaban J connectivity index is 0.00000208. The molecule has 6 nitrogen and oxygen atoms in total. The van der Waals surface area contributed by atoms with Gasteiger partial charge >= 0.3 is 0 Å². The molecule has 136 valence electrons. The molecule has 1 aromatic heterocycles. The van der Waals surface area contributed by atoms with E-state index in [0.29, 0.717) is 5.92 Å². The molecule has 3 heterocycles. The van der Waals surface area contributed by atoms with E-state index in [2.05, 4.69) is 36.6 Å². The van der Waals surface area contributed by atoms with Gasteiger partial charge < -0.3 is 10.6 Å². The number of halogens is 2. The first-order chi connectivity index (χ1) is 11.1. The molecule has 2 aliphatic rings. The monoisotopic (exact) mass is 419 g/mol. The number of aryl methyl sites for hydroxylation is 1. The molecule has 0 spiro atoms. The van der Waals surface area contributed by atoms with Crippen LogP contribution in [0.4, 0.5) is 0 Å². The Morgan fingerprint density at radius 3 is 2.96 bits per heavy atom. The summed E-state index contributed by atoms with van der Waals surface area (Å²) in [7, 11) is 1.98. The number of amides is 1. The highest BCUT2D eigenvalue weighted by molar-refractivity contribution is 9.10. The number of aromatic nitrogens is 2. The summed E-state index contributed by atoms with van der Waals surface area (Å²) in [6.45, 7) is 4.82. The van der Waals surface area contributed by atoms with Crippen molar-refractivity contribution in [2.75, 3.05) is 26.2 Å². The lowest BCUT2D eigenvalue weighted by Crippen LogP contribution is -2.45. The number of hydrogen-bond donors (Lipinski definition) is 2. The highest BCUT2D eigenvalue weighted by Crippen LogP contribution is 2.22. The van der Waals surface area contributed by atoms with Crippen LogP contribution in [-0.4, -0.2) is 52.8 Å². The lowest BCUT2D eigenvalue weighted by Gasteiger charge is -2.33. The molecular formula is C16H27BrClN5O. The van der Waals surface area contributed by atoms with E-state index < -0.39 is 0 Å². The van der Waals surface area contributed by atoms with E-state index in [-0.39, 0.29) is 24.4 Å². The lowest BCUT2D eigenvalue weighted by atomic mass is 9.97. The van der Waals surface area contributed by atoms with Crippen LogP contribution in [0.15, 0.2) is 10.7 Å². The molecule has 0 aromatic carbocycles. The summed E-state index contributed by atoms with van der Waals surface area (Å²) in [5, 5.41) is 10.7. The van der Waals surface area contributed by atoms with Gasteiger partial charge in [-0.3, -0.25) is 14.4 Å². The van der Waals surface area contributed by atoms with E-state index >= 15 is 0 Å². The SMILES string of the molecule is Cl.Cn1ncc(Br)c1CN1CCCC(CNC(=O)C2CCCN2)C1. The van der Waals surface area contributed by atoms with E-state index in [1.807, 2.05) is 17.9 Å². The molecule has 8 heteroatoms. The fourth-order valence-electron chi connectivity index (χ4n) is 3.56. The zero-order chi connectivity index (χ0) is 16.2. The maximum Gasteiger partial charge on any atom is 0.237 e. The third-order valence-electron chi connectivity index (χ3n) is 4.93. The minimum absolute atomic E-state index is 0. The van der Waals surface area contributed by atoms with Crippen molar-refractivity contribution in [3.8, 4) is 0 Å². The smallest absolute Gasteiger partial charge is 0.237 e. The topological polar surface area (TPSA) is 62.2 Å². The summed E-state index contributed by atoms with van der Waals surface area (Å²) in [5.74, 6) is 0.718. The van der Waals surface area contributed by atoms with Gasteiger partial charge in [-0.05, 0) is 60.6 Å². The van der Waals surface area contributed by atoms with Crippen LogP contribution in [-0.2, 0) is 18.4 Å². The van der Waals surface area contributed by atoms with Crippen LogP contribution in [0.1, 0.15) is 31.4 Å². The van der Waals surface area contributed by atoms with Gasteiger partial charge in [0.1, 0.15) is 0 Å². The Labute approximate surface area is 158 Å². The number of hydrogen-bond acceptors (Lipinski definition) is 4. The van der Waals surface area contributed by atoms with Gasteiger partial charge in [-0.1, -0.05) is 0 Å². The summed E-state index contributed by atoms with van der Waals surface area (Å²) in [6, 6.07) is 0.0279. The molecule has 0 aliphatic carbocycles. The molecule has 2 aliphatic heterocycles.